The lowest BCUT2D eigenvalue weighted by molar-refractivity contribution is 0.487. The highest BCUT2D eigenvalue weighted by molar-refractivity contribution is 7.23. The SMILES string of the molecule is c1ccc(-c2ccc(N(c3ccccc3)c3ccc(-c4ccc5c(c4)[Si]4(c6ccccc6Oc6ccccc64)c4ccccc4-5)cc3)cc2)cc1. The molecular formula is C48H33NOSi. The zero-order valence-corrected chi connectivity index (χ0v) is 28.9. The fourth-order valence-corrected chi connectivity index (χ4v) is 13.7. The van der Waals surface area contributed by atoms with Gasteiger partial charge in [-0.15, -0.1) is 0 Å². The molecule has 2 aliphatic heterocycles. The summed E-state index contributed by atoms with van der Waals surface area (Å²) in [5.41, 5.74) is 10.9. The first-order chi connectivity index (χ1) is 25.3. The van der Waals surface area contributed by atoms with Crippen LogP contribution < -0.4 is 30.4 Å². The summed E-state index contributed by atoms with van der Waals surface area (Å²) in [7, 11) is -2.65. The van der Waals surface area contributed by atoms with Gasteiger partial charge in [0, 0.05) is 17.1 Å². The quantitative estimate of drug-likeness (QED) is 0.170. The fourth-order valence-electron chi connectivity index (χ4n) is 8.29. The Bertz CT molecular complexity index is 2500. The van der Waals surface area contributed by atoms with Crippen molar-refractivity contribution in [1.29, 1.82) is 0 Å². The Labute approximate surface area is 299 Å². The number of fused-ring (bicyclic) bond motifs is 9. The third-order valence-corrected chi connectivity index (χ3v) is 15.5. The van der Waals surface area contributed by atoms with Crippen LogP contribution in [0.25, 0.3) is 33.4 Å². The molecule has 0 fully saturated rings. The van der Waals surface area contributed by atoms with Crippen LogP contribution in [0.3, 0.4) is 0 Å². The maximum absolute atomic E-state index is 6.58. The fraction of sp³-hybridized carbons (Fsp3) is 0. The molecule has 3 heteroatoms. The molecule has 2 heterocycles. The van der Waals surface area contributed by atoms with Gasteiger partial charge in [-0.1, -0.05) is 152 Å². The molecule has 0 unspecified atom stereocenters. The molecule has 0 aromatic heterocycles. The summed E-state index contributed by atoms with van der Waals surface area (Å²) in [6, 6.07) is 72.6. The predicted octanol–water partition coefficient (Wildman–Crippen LogP) is 9.95. The standard InChI is InChI=1S/C48H33NOSi/c1-3-13-34(14-4-1)35-23-28-39(29-24-35)49(38-15-5-2-6-16-38)40-30-25-36(26-31-40)37-27-32-42-41-17-7-10-20-45(41)51(48(42)33-37)46-21-11-8-18-43(46)50-44-19-9-12-22-47(44)51/h1-33H. The van der Waals surface area contributed by atoms with Gasteiger partial charge in [0.1, 0.15) is 11.5 Å². The van der Waals surface area contributed by atoms with E-state index in [1.165, 1.54) is 54.1 Å². The minimum atomic E-state index is -2.65. The van der Waals surface area contributed by atoms with Gasteiger partial charge in [-0.25, -0.2) is 0 Å². The molecular weight excluding hydrogens is 635 g/mol. The number of para-hydroxylation sites is 3. The van der Waals surface area contributed by atoms with E-state index in [2.05, 4.69) is 205 Å². The molecule has 0 aliphatic carbocycles. The topological polar surface area (TPSA) is 12.5 Å². The Morgan fingerprint density at radius 2 is 0.745 bits per heavy atom. The van der Waals surface area contributed by atoms with Crippen LogP contribution in [0.4, 0.5) is 17.1 Å². The van der Waals surface area contributed by atoms with E-state index in [1.54, 1.807) is 0 Å². The van der Waals surface area contributed by atoms with Crippen LogP contribution in [-0.2, 0) is 0 Å². The number of nitrogens with zero attached hydrogens (tertiary/aromatic N) is 1. The van der Waals surface area contributed by atoms with Crippen molar-refractivity contribution in [2.75, 3.05) is 4.90 Å². The highest BCUT2D eigenvalue weighted by atomic mass is 28.3. The summed E-state index contributed by atoms with van der Waals surface area (Å²) in [5.74, 6) is 1.94. The van der Waals surface area contributed by atoms with Crippen LogP contribution in [0, 0.1) is 0 Å². The Hall–Kier alpha value is -6.42. The van der Waals surface area contributed by atoms with E-state index in [1.807, 2.05) is 0 Å². The zero-order valence-electron chi connectivity index (χ0n) is 27.9. The summed E-state index contributed by atoms with van der Waals surface area (Å²) in [6.45, 7) is 0. The number of hydrogen-bond acceptors (Lipinski definition) is 2. The van der Waals surface area contributed by atoms with Gasteiger partial charge in [0.25, 0.3) is 0 Å². The molecule has 0 radical (unpaired) electrons. The third kappa shape index (κ3) is 4.63. The average molecular weight is 668 g/mol. The molecule has 1 spiro atoms. The van der Waals surface area contributed by atoms with Gasteiger partial charge in [-0.2, -0.15) is 0 Å². The maximum Gasteiger partial charge on any atom is 0.189 e. The Morgan fingerprint density at radius 3 is 1.37 bits per heavy atom. The molecule has 0 saturated heterocycles. The molecule has 0 N–H and O–H groups in total. The van der Waals surface area contributed by atoms with Gasteiger partial charge in [-0.3, -0.25) is 0 Å². The summed E-state index contributed by atoms with van der Waals surface area (Å²) in [6.07, 6.45) is 0. The van der Waals surface area contributed by atoms with E-state index in [0.717, 1.165) is 28.6 Å². The van der Waals surface area contributed by atoms with Gasteiger partial charge in [0.2, 0.25) is 0 Å². The van der Waals surface area contributed by atoms with Crippen LogP contribution >= 0.6 is 0 Å². The van der Waals surface area contributed by atoms with Crippen molar-refractivity contribution < 1.29 is 4.74 Å². The number of anilines is 3. The first-order valence-corrected chi connectivity index (χ1v) is 19.5. The Balaban J connectivity index is 1.09. The highest BCUT2D eigenvalue weighted by Crippen LogP contribution is 2.39. The van der Waals surface area contributed by atoms with Crippen LogP contribution in [0.15, 0.2) is 200 Å². The smallest absolute Gasteiger partial charge is 0.189 e. The first-order valence-electron chi connectivity index (χ1n) is 17.5. The molecule has 0 saturated carbocycles. The van der Waals surface area contributed by atoms with Crippen molar-refractivity contribution >= 4 is 45.9 Å². The highest BCUT2D eigenvalue weighted by Gasteiger charge is 2.53. The van der Waals surface area contributed by atoms with E-state index in [-0.39, 0.29) is 0 Å². The summed E-state index contributed by atoms with van der Waals surface area (Å²) >= 11 is 0. The van der Waals surface area contributed by atoms with E-state index in [4.69, 9.17) is 4.74 Å². The number of hydrogen-bond donors (Lipinski definition) is 0. The molecule has 2 aliphatic rings. The van der Waals surface area contributed by atoms with Crippen LogP contribution in [0.1, 0.15) is 0 Å². The summed E-state index contributed by atoms with van der Waals surface area (Å²) in [5, 5.41) is 5.50. The van der Waals surface area contributed by atoms with Gasteiger partial charge < -0.3 is 9.64 Å². The van der Waals surface area contributed by atoms with E-state index < -0.39 is 8.07 Å². The van der Waals surface area contributed by atoms with E-state index in [9.17, 15) is 0 Å². The van der Waals surface area contributed by atoms with Crippen molar-refractivity contribution in [1.82, 2.24) is 0 Å². The van der Waals surface area contributed by atoms with Crippen molar-refractivity contribution in [3.8, 4) is 44.9 Å². The number of rotatable bonds is 5. The first kappa shape index (κ1) is 29.5. The van der Waals surface area contributed by atoms with Crippen molar-refractivity contribution in [3.05, 3.63) is 200 Å². The minimum Gasteiger partial charge on any atom is -0.458 e. The molecule has 0 atom stereocenters. The lowest BCUT2D eigenvalue weighted by Crippen LogP contribution is -2.74. The third-order valence-electron chi connectivity index (χ3n) is 10.6. The van der Waals surface area contributed by atoms with Gasteiger partial charge in [-0.05, 0) is 103 Å². The lowest BCUT2D eigenvalue weighted by Gasteiger charge is -2.37. The van der Waals surface area contributed by atoms with Gasteiger partial charge in [0.15, 0.2) is 8.07 Å². The second kappa shape index (κ2) is 11.9. The molecule has 240 valence electrons. The zero-order chi connectivity index (χ0) is 33.8. The minimum absolute atomic E-state index is 0.970. The molecule has 10 rings (SSSR count). The second-order valence-corrected chi connectivity index (χ2v) is 16.9. The van der Waals surface area contributed by atoms with Crippen LogP contribution in [0.5, 0.6) is 11.5 Å². The molecule has 51 heavy (non-hydrogen) atoms. The van der Waals surface area contributed by atoms with E-state index in [0.29, 0.717) is 0 Å². The second-order valence-electron chi connectivity index (χ2n) is 13.3. The summed E-state index contributed by atoms with van der Waals surface area (Å²) in [4.78, 5) is 2.33. The van der Waals surface area contributed by atoms with Crippen molar-refractivity contribution in [2.24, 2.45) is 0 Å². The van der Waals surface area contributed by atoms with Gasteiger partial charge >= 0.3 is 0 Å². The van der Waals surface area contributed by atoms with Crippen LogP contribution in [0.2, 0.25) is 0 Å². The maximum atomic E-state index is 6.58. The van der Waals surface area contributed by atoms with Crippen LogP contribution in [-0.4, -0.2) is 8.07 Å². The molecule has 0 bridgehead atoms. The molecule has 2 nitrogen and oxygen atoms in total. The molecule has 8 aromatic rings. The number of benzene rings is 8. The number of ether oxygens (including phenoxy) is 1. The molecule has 8 aromatic carbocycles. The largest absolute Gasteiger partial charge is 0.458 e. The van der Waals surface area contributed by atoms with Crippen molar-refractivity contribution in [2.45, 2.75) is 0 Å². The van der Waals surface area contributed by atoms with Crippen molar-refractivity contribution in [3.63, 3.8) is 0 Å². The monoisotopic (exact) mass is 667 g/mol. The normalized spacial score (nSPS) is 13.0. The Kier molecular flexibility index (Phi) is 6.86. The average Bonchev–Trinajstić information content (AvgIpc) is 3.49. The predicted molar refractivity (Wildman–Crippen MR) is 215 cm³/mol. The van der Waals surface area contributed by atoms with Gasteiger partial charge in [0.05, 0.1) is 0 Å². The summed E-state index contributed by atoms with van der Waals surface area (Å²) < 4.78 is 6.58. The van der Waals surface area contributed by atoms with E-state index >= 15 is 0 Å². The molecule has 0 amide bonds. The Morgan fingerprint density at radius 1 is 0.314 bits per heavy atom. The lowest BCUT2D eigenvalue weighted by atomic mass is 10.00.